The fraction of sp³-hybridized carbons (Fsp3) is 0.900. The zero-order chi connectivity index (χ0) is 14.2. The molecule has 0 aromatic carbocycles. The maximum atomic E-state index is 11.0. The molecule has 0 amide bonds. The number of carbonyl (C=O) groups is 1. The van der Waals surface area contributed by atoms with Crippen molar-refractivity contribution in [2.24, 2.45) is 5.14 Å². The van der Waals surface area contributed by atoms with Crippen molar-refractivity contribution in [2.45, 2.75) is 45.1 Å². The van der Waals surface area contributed by atoms with Crippen LogP contribution in [0.25, 0.3) is 0 Å². The molecule has 0 spiro atoms. The highest BCUT2D eigenvalue weighted by Crippen LogP contribution is 2.21. The predicted molar refractivity (Wildman–Crippen MR) is 64.8 cm³/mol. The summed E-state index contributed by atoms with van der Waals surface area (Å²) in [5, 5.41) is 14.0. The standard InChI is InChI=1S/C10H21NO6S/c1-3-4-5-6-10(7-12,17-9(2)13)8-16-18(11,14)15/h12H,3-8H2,1-2H3,(H2,11,14,15)/t10-/m0/s1. The van der Waals surface area contributed by atoms with Crippen molar-refractivity contribution >= 4 is 16.3 Å². The molecular formula is C10H21NO6S. The Morgan fingerprint density at radius 3 is 2.39 bits per heavy atom. The first kappa shape index (κ1) is 17.3. The number of hydrogen-bond donors (Lipinski definition) is 2. The molecule has 0 aliphatic carbocycles. The molecular weight excluding hydrogens is 262 g/mol. The molecule has 7 nitrogen and oxygen atoms in total. The van der Waals surface area contributed by atoms with Gasteiger partial charge >= 0.3 is 16.3 Å². The van der Waals surface area contributed by atoms with Gasteiger partial charge in [-0.2, -0.15) is 8.42 Å². The molecule has 0 saturated heterocycles. The number of carbonyl (C=O) groups excluding carboxylic acids is 1. The van der Waals surface area contributed by atoms with Crippen LogP contribution in [0, 0.1) is 0 Å². The van der Waals surface area contributed by atoms with Crippen LogP contribution < -0.4 is 5.14 Å². The highest BCUT2D eigenvalue weighted by atomic mass is 32.2. The van der Waals surface area contributed by atoms with E-state index in [0.29, 0.717) is 12.8 Å². The van der Waals surface area contributed by atoms with Gasteiger partial charge < -0.3 is 9.84 Å². The average molecular weight is 283 g/mol. The van der Waals surface area contributed by atoms with Gasteiger partial charge in [-0.3, -0.25) is 8.98 Å². The van der Waals surface area contributed by atoms with E-state index in [-0.39, 0.29) is 0 Å². The number of hydrogen-bond acceptors (Lipinski definition) is 6. The zero-order valence-electron chi connectivity index (χ0n) is 10.7. The van der Waals surface area contributed by atoms with E-state index in [1.165, 1.54) is 6.92 Å². The predicted octanol–water partition coefficient (Wildman–Crippen LogP) is 0.0810. The molecule has 0 rings (SSSR count). The lowest BCUT2D eigenvalue weighted by Gasteiger charge is -2.30. The molecule has 108 valence electrons. The van der Waals surface area contributed by atoms with Gasteiger partial charge in [0.15, 0.2) is 5.60 Å². The number of ether oxygens (including phenoxy) is 1. The van der Waals surface area contributed by atoms with Gasteiger partial charge in [-0.25, -0.2) is 5.14 Å². The Balaban J connectivity index is 4.68. The van der Waals surface area contributed by atoms with Crippen molar-refractivity contribution in [2.75, 3.05) is 13.2 Å². The second kappa shape index (κ2) is 7.67. The van der Waals surface area contributed by atoms with Crippen LogP contribution in [0.5, 0.6) is 0 Å². The molecule has 3 N–H and O–H groups in total. The largest absolute Gasteiger partial charge is 0.454 e. The molecule has 0 unspecified atom stereocenters. The molecule has 0 aliphatic rings. The van der Waals surface area contributed by atoms with E-state index in [2.05, 4.69) is 4.18 Å². The fourth-order valence-electron chi connectivity index (χ4n) is 1.50. The van der Waals surface area contributed by atoms with Crippen LogP contribution in [-0.4, -0.2) is 38.3 Å². The minimum Gasteiger partial charge on any atom is -0.454 e. The Bertz CT molecular complexity index is 355. The molecule has 0 saturated carbocycles. The first-order chi connectivity index (χ1) is 8.24. The molecule has 0 aliphatic heterocycles. The lowest BCUT2D eigenvalue weighted by Crippen LogP contribution is -2.44. The summed E-state index contributed by atoms with van der Waals surface area (Å²) in [6.07, 6.45) is 2.81. The molecule has 8 heteroatoms. The van der Waals surface area contributed by atoms with Gasteiger partial charge in [-0.15, -0.1) is 0 Å². The van der Waals surface area contributed by atoms with Gasteiger partial charge in [0.1, 0.15) is 6.61 Å². The van der Waals surface area contributed by atoms with E-state index in [9.17, 15) is 18.3 Å². The summed E-state index contributed by atoms with van der Waals surface area (Å²) in [6, 6.07) is 0. The van der Waals surface area contributed by atoms with Gasteiger partial charge in [-0.05, 0) is 12.8 Å². The van der Waals surface area contributed by atoms with E-state index >= 15 is 0 Å². The smallest absolute Gasteiger partial charge is 0.333 e. The summed E-state index contributed by atoms with van der Waals surface area (Å²) >= 11 is 0. The van der Waals surface area contributed by atoms with Crippen LogP contribution >= 0.6 is 0 Å². The Labute approximate surface area is 108 Å². The van der Waals surface area contributed by atoms with Crippen molar-refractivity contribution in [1.82, 2.24) is 0 Å². The molecule has 0 radical (unpaired) electrons. The third-order valence-electron chi connectivity index (χ3n) is 2.37. The SMILES string of the molecule is CCCCC[C@](CO)(COS(N)(=O)=O)OC(C)=O. The lowest BCUT2D eigenvalue weighted by atomic mass is 9.97. The van der Waals surface area contributed by atoms with E-state index < -0.39 is 35.1 Å². The number of aliphatic hydroxyl groups is 1. The van der Waals surface area contributed by atoms with Crippen LogP contribution in [-0.2, 0) is 24.0 Å². The highest BCUT2D eigenvalue weighted by molar-refractivity contribution is 7.84. The molecule has 0 fully saturated rings. The minimum atomic E-state index is -4.14. The monoisotopic (exact) mass is 283 g/mol. The minimum absolute atomic E-state index is 0.312. The van der Waals surface area contributed by atoms with Crippen LogP contribution in [0.15, 0.2) is 0 Å². The Morgan fingerprint density at radius 1 is 1.39 bits per heavy atom. The number of esters is 1. The molecule has 0 aromatic heterocycles. The van der Waals surface area contributed by atoms with Crippen molar-refractivity contribution in [3.05, 3.63) is 0 Å². The van der Waals surface area contributed by atoms with Crippen molar-refractivity contribution in [3.63, 3.8) is 0 Å². The summed E-state index contributed by atoms with van der Waals surface area (Å²) in [5.41, 5.74) is -1.35. The Hall–Kier alpha value is -0.700. The van der Waals surface area contributed by atoms with Gasteiger partial charge in [-0.1, -0.05) is 19.8 Å². The zero-order valence-corrected chi connectivity index (χ0v) is 11.5. The summed E-state index contributed by atoms with van der Waals surface area (Å²) in [5.74, 6) is -0.612. The normalized spacial score (nSPS) is 15.1. The summed E-state index contributed by atoms with van der Waals surface area (Å²) in [4.78, 5) is 11.0. The number of nitrogens with two attached hydrogens (primary N) is 1. The van der Waals surface area contributed by atoms with Crippen molar-refractivity contribution in [1.29, 1.82) is 0 Å². The second-order valence-corrected chi connectivity index (χ2v) is 5.37. The number of aliphatic hydroxyl groups excluding tert-OH is 1. The number of rotatable bonds is 9. The van der Waals surface area contributed by atoms with Gasteiger partial charge in [0.25, 0.3) is 0 Å². The van der Waals surface area contributed by atoms with Crippen LogP contribution in [0.2, 0.25) is 0 Å². The van der Waals surface area contributed by atoms with Gasteiger partial charge in [0, 0.05) is 6.92 Å². The average Bonchev–Trinajstić information content (AvgIpc) is 2.24. The number of unbranched alkanes of at least 4 members (excludes halogenated alkanes) is 2. The topological polar surface area (TPSA) is 116 Å². The Kier molecular flexibility index (Phi) is 7.37. The fourth-order valence-corrected chi connectivity index (χ4v) is 1.88. The maximum Gasteiger partial charge on any atom is 0.333 e. The summed E-state index contributed by atoms with van der Waals surface area (Å²) < 4.78 is 30.9. The van der Waals surface area contributed by atoms with Crippen molar-refractivity contribution < 1.29 is 27.2 Å². The summed E-state index contributed by atoms with van der Waals surface area (Å²) in [7, 11) is -4.14. The van der Waals surface area contributed by atoms with Crippen LogP contribution in [0.1, 0.15) is 39.5 Å². The molecule has 0 heterocycles. The highest BCUT2D eigenvalue weighted by Gasteiger charge is 2.34. The quantitative estimate of drug-likeness (QED) is 0.457. The van der Waals surface area contributed by atoms with Gasteiger partial charge in [0.2, 0.25) is 0 Å². The summed E-state index contributed by atoms with van der Waals surface area (Å²) in [6.45, 7) is 2.17. The first-order valence-electron chi connectivity index (χ1n) is 5.72. The molecule has 1 atom stereocenters. The third-order valence-corrected chi connectivity index (χ3v) is 2.82. The lowest BCUT2D eigenvalue weighted by molar-refractivity contribution is -0.167. The second-order valence-electron chi connectivity index (χ2n) is 4.15. The van der Waals surface area contributed by atoms with E-state index in [1.807, 2.05) is 6.92 Å². The Morgan fingerprint density at radius 2 is 2.00 bits per heavy atom. The van der Waals surface area contributed by atoms with Gasteiger partial charge in [0.05, 0.1) is 6.61 Å². The van der Waals surface area contributed by atoms with E-state index in [1.54, 1.807) is 0 Å². The maximum absolute atomic E-state index is 11.0. The van der Waals surface area contributed by atoms with Crippen LogP contribution in [0.3, 0.4) is 0 Å². The van der Waals surface area contributed by atoms with Crippen molar-refractivity contribution in [3.8, 4) is 0 Å². The van der Waals surface area contributed by atoms with E-state index in [4.69, 9.17) is 9.88 Å². The first-order valence-corrected chi connectivity index (χ1v) is 7.19. The molecule has 0 aromatic rings. The van der Waals surface area contributed by atoms with E-state index in [0.717, 1.165) is 12.8 Å². The molecule has 18 heavy (non-hydrogen) atoms. The third kappa shape index (κ3) is 7.59. The van der Waals surface area contributed by atoms with Crippen LogP contribution in [0.4, 0.5) is 0 Å². The molecule has 0 bridgehead atoms.